The first-order valence-corrected chi connectivity index (χ1v) is 7.21. The topological polar surface area (TPSA) is 28.2 Å². The molecule has 1 unspecified atom stereocenters. The predicted octanol–water partition coefficient (Wildman–Crippen LogP) is 2.96. The molecule has 0 saturated carbocycles. The highest BCUT2D eigenvalue weighted by molar-refractivity contribution is 5.47. The van der Waals surface area contributed by atoms with E-state index in [0.717, 1.165) is 12.2 Å². The van der Waals surface area contributed by atoms with Gasteiger partial charge in [-0.3, -0.25) is 4.98 Å². The Hall–Kier alpha value is -1.09. The summed E-state index contributed by atoms with van der Waals surface area (Å²) in [4.78, 5) is 7.00. The highest BCUT2D eigenvalue weighted by Crippen LogP contribution is 2.25. The summed E-state index contributed by atoms with van der Waals surface area (Å²) in [5.74, 6) is 0. The van der Waals surface area contributed by atoms with Crippen LogP contribution >= 0.6 is 0 Å². The Morgan fingerprint density at radius 3 is 3.06 bits per heavy atom. The van der Waals surface area contributed by atoms with Crippen molar-refractivity contribution in [1.29, 1.82) is 0 Å². The average Bonchev–Trinajstić information content (AvgIpc) is 2.64. The monoisotopic (exact) mass is 247 g/mol. The number of nitrogens with zero attached hydrogens (tertiary/aromatic N) is 2. The van der Waals surface area contributed by atoms with Gasteiger partial charge in [-0.1, -0.05) is 19.8 Å². The minimum absolute atomic E-state index is 0.706. The average molecular weight is 247 g/mol. The number of hydrogen-bond donors (Lipinski definition) is 1. The Kier molecular flexibility index (Phi) is 5.00. The van der Waals surface area contributed by atoms with Crippen molar-refractivity contribution >= 4 is 5.69 Å². The van der Waals surface area contributed by atoms with Crippen molar-refractivity contribution in [3.8, 4) is 0 Å². The molecule has 1 aromatic rings. The van der Waals surface area contributed by atoms with Crippen LogP contribution in [-0.2, 0) is 6.54 Å². The summed E-state index contributed by atoms with van der Waals surface area (Å²) < 4.78 is 0. The normalized spacial score (nSPS) is 20.8. The molecule has 3 nitrogen and oxygen atoms in total. The summed E-state index contributed by atoms with van der Waals surface area (Å²) in [5.41, 5.74) is 2.48. The molecule has 0 spiro atoms. The van der Waals surface area contributed by atoms with Crippen LogP contribution < -0.4 is 10.2 Å². The molecule has 0 radical (unpaired) electrons. The van der Waals surface area contributed by atoms with E-state index in [0.29, 0.717) is 6.04 Å². The molecule has 1 N–H and O–H groups in total. The van der Waals surface area contributed by atoms with Crippen LogP contribution in [0.15, 0.2) is 18.3 Å². The minimum atomic E-state index is 0.706. The molecular weight excluding hydrogens is 222 g/mol. The van der Waals surface area contributed by atoms with Gasteiger partial charge in [-0.25, -0.2) is 0 Å². The zero-order valence-electron chi connectivity index (χ0n) is 11.7. The Labute approximate surface area is 111 Å². The lowest BCUT2D eigenvalue weighted by atomic mass is 10.1. The molecule has 1 fully saturated rings. The Morgan fingerprint density at radius 1 is 1.39 bits per heavy atom. The van der Waals surface area contributed by atoms with Crippen LogP contribution in [0.5, 0.6) is 0 Å². The predicted molar refractivity (Wildman–Crippen MR) is 76.9 cm³/mol. The van der Waals surface area contributed by atoms with Gasteiger partial charge in [0.05, 0.1) is 5.69 Å². The van der Waals surface area contributed by atoms with Crippen molar-refractivity contribution in [2.45, 2.75) is 51.6 Å². The standard InChI is InChI=1S/C15H25N3/c1-3-14-7-5-4-6-10-18(14)15-8-9-17-13(11-15)12-16-2/h8-9,11,14,16H,3-7,10,12H2,1-2H3. The minimum Gasteiger partial charge on any atom is -0.368 e. The number of hydrogen-bond acceptors (Lipinski definition) is 3. The third-order valence-corrected chi connectivity index (χ3v) is 3.84. The van der Waals surface area contributed by atoms with Crippen molar-refractivity contribution in [3.05, 3.63) is 24.0 Å². The fraction of sp³-hybridized carbons (Fsp3) is 0.667. The van der Waals surface area contributed by atoms with E-state index in [9.17, 15) is 0 Å². The van der Waals surface area contributed by atoms with Crippen molar-refractivity contribution in [3.63, 3.8) is 0 Å². The maximum atomic E-state index is 4.41. The van der Waals surface area contributed by atoms with Gasteiger partial charge in [0.15, 0.2) is 0 Å². The molecule has 18 heavy (non-hydrogen) atoms. The highest BCUT2D eigenvalue weighted by atomic mass is 15.2. The van der Waals surface area contributed by atoms with E-state index in [1.54, 1.807) is 0 Å². The van der Waals surface area contributed by atoms with E-state index in [1.165, 1.54) is 44.3 Å². The quantitative estimate of drug-likeness (QED) is 0.886. The lowest BCUT2D eigenvalue weighted by molar-refractivity contribution is 0.556. The second-order valence-electron chi connectivity index (χ2n) is 5.14. The third kappa shape index (κ3) is 3.22. The molecule has 3 heteroatoms. The van der Waals surface area contributed by atoms with Crippen molar-refractivity contribution in [2.24, 2.45) is 0 Å². The molecule has 1 aromatic heterocycles. The van der Waals surface area contributed by atoms with Gasteiger partial charge in [0, 0.05) is 31.0 Å². The van der Waals surface area contributed by atoms with Crippen LogP contribution in [-0.4, -0.2) is 24.6 Å². The largest absolute Gasteiger partial charge is 0.368 e. The van der Waals surface area contributed by atoms with Crippen LogP contribution in [0, 0.1) is 0 Å². The van der Waals surface area contributed by atoms with Crippen molar-refractivity contribution in [1.82, 2.24) is 10.3 Å². The van der Waals surface area contributed by atoms with Crippen molar-refractivity contribution < 1.29 is 0 Å². The Bertz CT molecular complexity index is 365. The van der Waals surface area contributed by atoms with Crippen LogP contribution in [0.1, 0.15) is 44.7 Å². The maximum Gasteiger partial charge on any atom is 0.0562 e. The second kappa shape index (κ2) is 6.74. The van der Waals surface area contributed by atoms with E-state index in [4.69, 9.17) is 0 Å². The van der Waals surface area contributed by atoms with E-state index in [2.05, 4.69) is 34.3 Å². The van der Waals surface area contributed by atoms with E-state index in [1.807, 2.05) is 13.2 Å². The lowest BCUT2D eigenvalue weighted by Gasteiger charge is -2.31. The summed E-state index contributed by atoms with van der Waals surface area (Å²) in [7, 11) is 1.97. The molecule has 2 heterocycles. The molecule has 1 atom stereocenters. The van der Waals surface area contributed by atoms with Gasteiger partial charge < -0.3 is 10.2 Å². The molecule has 0 bridgehead atoms. The first kappa shape index (κ1) is 13.3. The molecule has 1 saturated heterocycles. The van der Waals surface area contributed by atoms with Gasteiger partial charge in [0.2, 0.25) is 0 Å². The second-order valence-corrected chi connectivity index (χ2v) is 5.14. The SMILES string of the molecule is CCC1CCCCCN1c1ccnc(CNC)c1. The zero-order valence-corrected chi connectivity index (χ0v) is 11.7. The zero-order chi connectivity index (χ0) is 12.8. The van der Waals surface area contributed by atoms with Crippen molar-refractivity contribution in [2.75, 3.05) is 18.5 Å². The number of nitrogens with one attached hydrogen (secondary N) is 1. The van der Waals surface area contributed by atoms with Crippen LogP contribution in [0.4, 0.5) is 5.69 Å². The van der Waals surface area contributed by atoms with E-state index >= 15 is 0 Å². The molecular formula is C15H25N3. The molecule has 1 aliphatic heterocycles. The summed E-state index contributed by atoms with van der Waals surface area (Å²) in [5, 5.41) is 3.17. The smallest absolute Gasteiger partial charge is 0.0562 e. The van der Waals surface area contributed by atoms with Gasteiger partial charge in [0.1, 0.15) is 0 Å². The molecule has 0 amide bonds. The number of pyridine rings is 1. The number of rotatable bonds is 4. The van der Waals surface area contributed by atoms with Gasteiger partial charge in [-0.2, -0.15) is 0 Å². The summed E-state index contributed by atoms with van der Waals surface area (Å²) in [6.07, 6.45) is 8.59. The summed E-state index contributed by atoms with van der Waals surface area (Å²) in [6, 6.07) is 5.11. The molecule has 0 aromatic carbocycles. The van der Waals surface area contributed by atoms with Gasteiger partial charge in [-0.15, -0.1) is 0 Å². The molecule has 1 aliphatic rings. The van der Waals surface area contributed by atoms with Gasteiger partial charge in [-0.05, 0) is 38.4 Å². The Balaban J connectivity index is 2.18. The number of aromatic nitrogens is 1. The maximum absolute atomic E-state index is 4.41. The van der Waals surface area contributed by atoms with Crippen LogP contribution in [0.3, 0.4) is 0 Å². The molecule has 100 valence electrons. The summed E-state index contributed by atoms with van der Waals surface area (Å²) >= 11 is 0. The first-order valence-electron chi connectivity index (χ1n) is 7.21. The van der Waals surface area contributed by atoms with Gasteiger partial charge >= 0.3 is 0 Å². The van der Waals surface area contributed by atoms with Crippen LogP contribution in [0.2, 0.25) is 0 Å². The van der Waals surface area contributed by atoms with Gasteiger partial charge in [0.25, 0.3) is 0 Å². The fourth-order valence-corrected chi connectivity index (χ4v) is 2.86. The van der Waals surface area contributed by atoms with E-state index < -0.39 is 0 Å². The van der Waals surface area contributed by atoms with E-state index in [-0.39, 0.29) is 0 Å². The third-order valence-electron chi connectivity index (χ3n) is 3.84. The molecule has 2 rings (SSSR count). The first-order chi connectivity index (χ1) is 8.85. The summed E-state index contributed by atoms with van der Waals surface area (Å²) in [6.45, 7) is 4.35. The highest BCUT2D eigenvalue weighted by Gasteiger charge is 2.19. The molecule has 0 aliphatic carbocycles. The lowest BCUT2D eigenvalue weighted by Crippen LogP contribution is -2.34. The number of anilines is 1. The Morgan fingerprint density at radius 2 is 2.28 bits per heavy atom. The fourth-order valence-electron chi connectivity index (χ4n) is 2.86. The van der Waals surface area contributed by atoms with Crippen LogP contribution in [0.25, 0.3) is 0 Å².